The van der Waals surface area contributed by atoms with E-state index in [-0.39, 0.29) is 30.0 Å². The van der Waals surface area contributed by atoms with Crippen LogP contribution in [0.5, 0.6) is 0 Å². The molecule has 0 spiro atoms. The number of likely N-dealkylation sites (tertiary alicyclic amines) is 1. The standard InChI is InChI=1S/C19H30N6O4S/c1-18(2)15(11-24-13-21-12-23-24)6-7-19(18,3)22-10-17(26)25(14-30(27,28)29)8-4-5-16(25)9-20/h12-13,15-16,22H,4-8,10-11,14H2,1-3H3/p+1/t15-,16?,19-,25-/m1/s1. The van der Waals surface area contributed by atoms with E-state index in [9.17, 15) is 23.0 Å². The lowest BCUT2D eigenvalue weighted by atomic mass is 9.71. The summed E-state index contributed by atoms with van der Waals surface area (Å²) in [6, 6.07) is 1.32. The first-order chi connectivity index (χ1) is 13.9. The number of quaternary nitrogens is 1. The van der Waals surface area contributed by atoms with Crippen LogP contribution >= 0.6 is 0 Å². The summed E-state index contributed by atoms with van der Waals surface area (Å²) >= 11 is 0. The molecule has 1 aliphatic heterocycles. The van der Waals surface area contributed by atoms with Crippen LogP contribution in [0.25, 0.3) is 0 Å². The second-order valence-electron chi connectivity index (χ2n) is 9.41. The highest BCUT2D eigenvalue weighted by Gasteiger charge is 2.54. The molecule has 1 unspecified atom stereocenters. The van der Waals surface area contributed by atoms with Gasteiger partial charge in [-0.15, -0.1) is 0 Å². The van der Waals surface area contributed by atoms with E-state index in [0.717, 1.165) is 19.4 Å². The number of carbonyl (C=O) groups is 1. The third-order valence-electron chi connectivity index (χ3n) is 7.61. The zero-order valence-electron chi connectivity index (χ0n) is 17.8. The van der Waals surface area contributed by atoms with Gasteiger partial charge >= 0.3 is 16.0 Å². The summed E-state index contributed by atoms with van der Waals surface area (Å²) < 4.78 is 34.0. The van der Waals surface area contributed by atoms with Crippen molar-refractivity contribution in [2.24, 2.45) is 11.3 Å². The van der Waals surface area contributed by atoms with Crippen LogP contribution in [0, 0.1) is 22.7 Å². The van der Waals surface area contributed by atoms with Crippen molar-refractivity contribution >= 4 is 16.0 Å². The van der Waals surface area contributed by atoms with Gasteiger partial charge in [0.1, 0.15) is 25.3 Å². The number of carbonyl (C=O) groups excluding carboxylic acids is 1. The average Bonchev–Trinajstić information content (AvgIpc) is 3.35. The molecular weight excluding hydrogens is 408 g/mol. The lowest BCUT2D eigenvalue weighted by Gasteiger charge is -2.43. The van der Waals surface area contributed by atoms with Crippen LogP contribution in [0.1, 0.15) is 46.5 Å². The minimum atomic E-state index is -4.41. The molecule has 0 bridgehead atoms. The number of amides is 1. The highest BCUT2D eigenvalue weighted by molar-refractivity contribution is 7.85. The Kier molecular flexibility index (Phi) is 6.08. The van der Waals surface area contributed by atoms with E-state index in [1.165, 1.54) is 6.33 Å². The minimum Gasteiger partial charge on any atom is -0.299 e. The maximum atomic E-state index is 13.2. The molecule has 1 saturated carbocycles. The van der Waals surface area contributed by atoms with Crippen LogP contribution in [-0.2, 0) is 21.5 Å². The van der Waals surface area contributed by atoms with Gasteiger partial charge in [0.05, 0.1) is 6.54 Å². The summed E-state index contributed by atoms with van der Waals surface area (Å²) in [6.45, 7) is 7.33. The zero-order chi connectivity index (χ0) is 22.2. The van der Waals surface area contributed by atoms with Gasteiger partial charge in [0.15, 0.2) is 6.04 Å². The van der Waals surface area contributed by atoms with Gasteiger partial charge in [-0.05, 0) is 31.1 Å². The first-order valence-electron chi connectivity index (χ1n) is 10.3. The average molecular weight is 440 g/mol. The molecule has 2 fully saturated rings. The fraction of sp³-hybridized carbons (Fsp3) is 0.789. The second-order valence-corrected chi connectivity index (χ2v) is 10.8. The van der Waals surface area contributed by atoms with Gasteiger partial charge in [0, 0.05) is 24.9 Å². The first kappa shape index (κ1) is 22.8. The highest BCUT2D eigenvalue weighted by Crippen LogP contribution is 2.50. The largest absolute Gasteiger partial charge is 0.329 e. The van der Waals surface area contributed by atoms with E-state index < -0.39 is 26.5 Å². The molecule has 1 aromatic heterocycles. The summed E-state index contributed by atoms with van der Waals surface area (Å²) in [5, 5.41) is 17.1. The van der Waals surface area contributed by atoms with E-state index in [4.69, 9.17) is 0 Å². The summed E-state index contributed by atoms with van der Waals surface area (Å²) in [5.74, 6) is -0.791. The number of nitrogens with one attached hydrogen (secondary N) is 1. The van der Waals surface area contributed by atoms with E-state index in [1.807, 2.05) is 4.68 Å². The van der Waals surface area contributed by atoms with Crippen molar-refractivity contribution in [2.45, 2.75) is 64.6 Å². The van der Waals surface area contributed by atoms with Crippen molar-refractivity contribution < 1.29 is 22.2 Å². The summed E-state index contributed by atoms with van der Waals surface area (Å²) in [4.78, 5) is 17.2. The molecule has 11 heteroatoms. The van der Waals surface area contributed by atoms with E-state index >= 15 is 0 Å². The molecule has 1 aliphatic carbocycles. The van der Waals surface area contributed by atoms with Gasteiger partial charge < -0.3 is 0 Å². The summed E-state index contributed by atoms with van der Waals surface area (Å²) in [7, 11) is -4.41. The van der Waals surface area contributed by atoms with Crippen LogP contribution in [0.2, 0.25) is 0 Å². The second kappa shape index (κ2) is 8.00. The number of hydrogen-bond acceptors (Lipinski definition) is 7. The molecule has 4 atom stereocenters. The quantitative estimate of drug-likeness (QED) is 0.473. The molecule has 166 valence electrons. The van der Waals surface area contributed by atoms with Crippen LogP contribution < -0.4 is 5.32 Å². The molecule has 3 rings (SSSR count). The molecule has 30 heavy (non-hydrogen) atoms. The third kappa shape index (κ3) is 4.14. The van der Waals surface area contributed by atoms with Crippen LogP contribution in [-0.4, -0.2) is 68.7 Å². The molecule has 1 amide bonds. The number of hydrogen-bond donors (Lipinski definition) is 2. The SMILES string of the molecule is CC1(C)[C@@H](Cn2cncn2)CC[C@@]1(C)NCC(=O)[N@@+]1(CS(=O)(=O)O)CCCC1C#N. The van der Waals surface area contributed by atoms with Gasteiger partial charge in [0.2, 0.25) is 5.88 Å². The van der Waals surface area contributed by atoms with Gasteiger partial charge in [-0.2, -0.15) is 18.8 Å². The minimum absolute atomic E-state index is 0.0519. The number of nitrogens with zero attached hydrogens (tertiary/aromatic N) is 5. The lowest BCUT2D eigenvalue weighted by Crippen LogP contribution is -2.63. The Morgan fingerprint density at radius 3 is 2.73 bits per heavy atom. The Labute approximate surface area is 177 Å². The van der Waals surface area contributed by atoms with Crippen molar-refractivity contribution in [3.8, 4) is 6.07 Å². The van der Waals surface area contributed by atoms with Crippen LogP contribution in [0.3, 0.4) is 0 Å². The predicted molar refractivity (Wildman–Crippen MR) is 108 cm³/mol. The molecule has 2 aliphatic rings. The van der Waals surface area contributed by atoms with Crippen LogP contribution in [0.15, 0.2) is 12.7 Å². The molecule has 0 aromatic carbocycles. The Morgan fingerprint density at radius 2 is 2.13 bits per heavy atom. The Bertz CT molecular complexity index is 925. The molecule has 1 saturated heterocycles. The van der Waals surface area contributed by atoms with Gasteiger partial charge in [-0.1, -0.05) is 13.8 Å². The summed E-state index contributed by atoms with van der Waals surface area (Å²) in [6.07, 6.45) is 6.03. The molecule has 0 radical (unpaired) electrons. The first-order valence-corrected chi connectivity index (χ1v) is 11.9. The fourth-order valence-corrected chi connectivity index (χ4v) is 6.21. The Morgan fingerprint density at radius 1 is 1.40 bits per heavy atom. The Balaban J connectivity index is 1.74. The van der Waals surface area contributed by atoms with Crippen molar-refractivity contribution in [1.29, 1.82) is 5.26 Å². The maximum absolute atomic E-state index is 13.2. The predicted octanol–water partition coefficient (Wildman–Crippen LogP) is 0.937. The smallest absolute Gasteiger partial charge is 0.299 e. The monoisotopic (exact) mass is 439 g/mol. The Hall–Kier alpha value is -1.87. The van der Waals surface area contributed by atoms with Gasteiger partial charge in [-0.25, -0.2) is 14.3 Å². The lowest BCUT2D eigenvalue weighted by molar-refractivity contribution is -0.846. The van der Waals surface area contributed by atoms with Gasteiger partial charge in [0.25, 0.3) is 0 Å². The third-order valence-corrected chi connectivity index (χ3v) is 8.40. The normalized spacial score (nSPS) is 33.4. The molecule has 1 aromatic rings. The number of aromatic nitrogens is 3. The van der Waals surface area contributed by atoms with Crippen molar-refractivity contribution in [3.63, 3.8) is 0 Å². The zero-order valence-corrected chi connectivity index (χ0v) is 18.6. The molecule has 2 heterocycles. The van der Waals surface area contributed by atoms with Crippen LogP contribution in [0.4, 0.5) is 0 Å². The molecule has 2 N–H and O–H groups in total. The van der Waals surface area contributed by atoms with Crippen molar-refractivity contribution in [1.82, 2.24) is 20.1 Å². The topological polar surface area (TPSA) is 138 Å². The van der Waals surface area contributed by atoms with E-state index in [2.05, 4.69) is 42.2 Å². The van der Waals surface area contributed by atoms with E-state index in [1.54, 1.807) is 6.33 Å². The van der Waals surface area contributed by atoms with E-state index in [0.29, 0.717) is 18.8 Å². The number of rotatable bonds is 7. The molecule has 10 nitrogen and oxygen atoms in total. The summed E-state index contributed by atoms with van der Waals surface area (Å²) in [5.41, 5.74) is -0.509. The fourth-order valence-electron chi connectivity index (χ4n) is 5.17. The molecular formula is C19H31N6O4S+. The maximum Gasteiger partial charge on any atom is 0.329 e. The van der Waals surface area contributed by atoms with Crippen molar-refractivity contribution in [3.05, 3.63) is 12.7 Å². The van der Waals surface area contributed by atoms with Crippen molar-refractivity contribution in [2.75, 3.05) is 19.0 Å². The highest BCUT2D eigenvalue weighted by atomic mass is 32.2. The van der Waals surface area contributed by atoms with Gasteiger partial charge in [-0.3, -0.25) is 14.6 Å². The number of nitriles is 1.